The maximum Gasteiger partial charge on any atom is 0.261 e. The van der Waals surface area contributed by atoms with E-state index in [0.717, 1.165) is 16.7 Å². The second-order valence-corrected chi connectivity index (χ2v) is 8.86. The fraction of sp³-hybridized carbons (Fsp3) is 0.381. The summed E-state index contributed by atoms with van der Waals surface area (Å²) in [4.78, 5) is 12.8. The van der Waals surface area contributed by atoms with Gasteiger partial charge in [-0.05, 0) is 62.1 Å². The summed E-state index contributed by atoms with van der Waals surface area (Å²) in [5.74, 6) is 0.484. The van der Waals surface area contributed by atoms with Crippen LogP contribution in [0.2, 0.25) is 0 Å². The third-order valence-electron chi connectivity index (χ3n) is 4.45. The van der Waals surface area contributed by atoms with Gasteiger partial charge in [-0.2, -0.15) is 0 Å². The Morgan fingerprint density at radius 2 is 1.74 bits per heavy atom. The van der Waals surface area contributed by atoms with Gasteiger partial charge in [0.1, 0.15) is 5.75 Å². The lowest BCUT2D eigenvalue weighted by Gasteiger charge is -2.22. The third-order valence-corrected chi connectivity index (χ3v) is 5.58. The summed E-state index contributed by atoms with van der Waals surface area (Å²) in [7, 11) is -3.24. The maximum atomic E-state index is 12.6. The molecule has 146 valence electrons. The van der Waals surface area contributed by atoms with E-state index in [-0.39, 0.29) is 16.8 Å². The zero-order valence-electron chi connectivity index (χ0n) is 16.4. The van der Waals surface area contributed by atoms with Crippen molar-refractivity contribution in [3.8, 4) is 5.75 Å². The van der Waals surface area contributed by atoms with E-state index >= 15 is 0 Å². The van der Waals surface area contributed by atoms with Crippen LogP contribution in [-0.2, 0) is 14.6 Å². The molecule has 2 aromatic rings. The number of carbonyl (C=O) groups is 1. The topological polar surface area (TPSA) is 72.5 Å². The summed E-state index contributed by atoms with van der Waals surface area (Å²) in [5.41, 5.74) is 2.90. The molecule has 0 bridgehead atoms. The molecule has 0 radical (unpaired) electrons. The molecule has 0 heterocycles. The minimum absolute atomic E-state index is 0.212. The van der Waals surface area contributed by atoms with E-state index in [9.17, 15) is 13.2 Å². The highest BCUT2D eigenvalue weighted by atomic mass is 32.2. The van der Waals surface area contributed by atoms with Crippen LogP contribution in [0.3, 0.4) is 0 Å². The molecule has 0 aliphatic rings. The van der Waals surface area contributed by atoms with Crippen molar-refractivity contribution in [1.82, 2.24) is 5.32 Å². The second kappa shape index (κ2) is 8.57. The molecule has 0 aromatic heterocycles. The van der Waals surface area contributed by atoms with Crippen LogP contribution >= 0.6 is 0 Å². The van der Waals surface area contributed by atoms with Crippen molar-refractivity contribution in [1.29, 1.82) is 0 Å². The summed E-state index contributed by atoms with van der Waals surface area (Å²) in [6.07, 6.45) is 1.21. The van der Waals surface area contributed by atoms with Gasteiger partial charge in [0.15, 0.2) is 15.9 Å². The Bertz CT molecular complexity index is 904. The van der Waals surface area contributed by atoms with E-state index in [2.05, 4.69) is 5.32 Å². The molecule has 0 fully saturated rings. The number of amides is 1. The van der Waals surface area contributed by atoms with Gasteiger partial charge in [-0.15, -0.1) is 0 Å². The predicted octanol–water partition coefficient (Wildman–Crippen LogP) is 3.74. The Balaban J connectivity index is 2.08. The largest absolute Gasteiger partial charge is 0.481 e. The summed E-state index contributed by atoms with van der Waals surface area (Å²) >= 11 is 0. The van der Waals surface area contributed by atoms with E-state index < -0.39 is 15.9 Å². The number of nitrogens with one attached hydrogen (secondary N) is 1. The zero-order chi connectivity index (χ0) is 20.2. The first-order chi connectivity index (χ1) is 12.6. The lowest BCUT2D eigenvalue weighted by atomic mass is 10.0. The number of rotatable bonds is 7. The molecule has 1 N–H and O–H groups in total. The number of hydrogen-bond donors (Lipinski definition) is 1. The highest BCUT2D eigenvalue weighted by Gasteiger charge is 2.20. The summed E-state index contributed by atoms with van der Waals surface area (Å²) in [6, 6.07) is 12.3. The van der Waals surface area contributed by atoms with Crippen molar-refractivity contribution >= 4 is 15.7 Å². The predicted molar refractivity (Wildman–Crippen MR) is 107 cm³/mol. The Hall–Kier alpha value is -2.34. The number of ether oxygens (including phenoxy) is 1. The van der Waals surface area contributed by atoms with Crippen LogP contribution in [0.5, 0.6) is 5.75 Å². The Kier molecular flexibility index (Phi) is 6.65. The zero-order valence-corrected chi connectivity index (χ0v) is 17.3. The lowest BCUT2D eigenvalue weighted by Crippen LogP contribution is -2.38. The quantitative estimate of drug-likeness (QED) is 0.783. The smallest absolute Gasteiger partial charge is 0.261 e. The fourth-order valence-electron chi connectivity index (χ4n) is 2.74. The van der Waals surface area contributed by atoms with Crippen LogP contribution in [0.15, 0.2) is 47.4 Å². The molecule has 1 amide bonds. The molecule has 0 aliphatic carbocycles. The normalized spacial score (nSPS) is 13.7. The van der Waals surface area contributed by atoms with Crippen LogP contribution < -0.4 is 10.1 Å². The van der Waals surface area contributed by atoms with Gasteiger partial charge >= 0.3 is 0 Å². The van der Waals surface area contributed by atoms with Crippen LogP contribution in [0.1, 0.15) is 43.0 Å². The Morgan fingerprint density at radius 3 is 2.30 bits per heavy atom. The fourth-order valence-corrected chi connectivity index (χ4v) is 3.37. The molecule has 0 spiro atoms. The van der Waals surface area contributed by atoms with E-state index in [1.807, 2.05) is 39.0 Å². The average molecular weight is 390 g/mol. The highest BCUT2D eigenvalue weighted by molar-refractivity contribution is 7.90. The van der Waals surface area contributed by atoms with Gasteiger partial charge in [-0.1, -0.05) is 31.2 Å². The van der Waals surface area contributed by atoms with E-state index in [1.165, 1.54) is 6.26 Å². The van der Waals surface area contributed by atoms with E-state index in [0.29, 0.717) is 12.2 Å². The van der Waals surface area contributed by atoms with Gasteiger partial charge in [0, 0.05) is 6.26 Å². The van der Waals surface area contributed by atoms with E-state index in [4.69, 9.17) is 4.74 Å². The standard InChI is InChI=1S/C21H27NO4S/c1-6-19(17-9-11-18(12-10-17)27(5,24)25)22-21(23)16(4)26-20-13-14(2)7-8-15(20)3/h7-13,16,19H,6H2,1-5H3,(H,22,23). The first-order valence-corrected chi connectivity index (χ1v) is 10.8. The van der Waals surface area contributed by atoms with Gasteiger partial charge in [0.05, 0.1) is 10.9 Å². The minimum Gasteiger partial charge on any atom is -0.481 e. The maximum absolute atomic E-state index is 12.6. The monoisotopic (exact) mass is 389 g/mol. The molecule has 2 aromatic carbocycles. The molecule has 2 rings (SSSR count). The van der Waals surface area contributed by atoms with Gasteiger partial charge in [-0.25, -0.2) is 8.42 Å². The third kappa shape index (κ3) is 5.57. The Morgan fingerprint density at radius 1 is 1.11 bits per heavy atom. The lowest BCUT2D eigenvalue weighted by molar-refractivity contribution is -0.128. The number of aryl methyl sites for hydroxylation is 2. The van der Waals surface area contributed by atoms with Crippen molar-refractivity contribution in [2.45, 2.75) is 51.2 Å². The first-order valence-electron chi connectivity index (χ1n) is 8.96. The molecule has 27 heavy (non-hydrogen) atoms. The molecule has 0 aliphatic heterocycles. The molecule has 6 heteroatoms. The van der Waals surface area contributed by atoms with Gasteiger partial charge in [0.25, 0.3) is 5.91 Å². The number of hydrogen-bond acceptors (Lipinski definition) is 4. The van der Waals surface area contributed by atoms with Crippen molar-refractivity contribution in [2.24, 2.45) is 0 Å². The van der Waals surface area contributed by atoms with Gasteiger partial charge in [-0.3, -0.25) is 4.79 Å². The molecule has 2 atom stereocenters. The number of benzene rings is 2. The van der Waals surface area contributed by atoms with Crippen LogP contribution in [-0.4, -0.2) is 26.7 Å². The Labute approximate surface area is 161 Å². The van der Waals surface area contributed by atoms with Crippen molar-refractivity contribution in [3.63, 3.8) is 0 Å². The van der Waals surface area contributed by atoms with Crippen LogP contribution in [0.25, 0.3) is 0 Å². The minimum atomic E-state index is -3.24. The van der Waals surface area contributed by atoms with Crippen LogP contribution in [0, 0.1) is 13.8 Å². The number of carbonyl (C=O) groups excluding carboxylic acids is 1. The molecular weight excluding hydrogens is 362 g/mol. The highest BCUT2D eigenvalue weighted by Crippen LogP contribution is 2.22. The summed E-state index contributed by atoms with van der Waals surface area (Å²) in [5, 5.41) is 2.98. The average Bonchev–Trinajstić information content (AvgIpc) is 2.61. The summed E-state index contributed by atoms with van der Waals surface area (Å²) < 4.78 is 29.0. The SMILES string of the molecule is CCC(NC(=O)C(C)Oc1cc(C)ccc1C)c1ccc(S(C)(=O)=O)cc1. The van der Waals surface area contributed by atoms with Crippen molar-refractivity contribution in [2.75, 3.05) is 6.26 Å². The first kappa shape index (κ1) is 21.0. The van der Waals surface area contributed by atoms with Crippen molar-refractivity contribution < 1.29 is 17.9 Å². The van der Waals surface area contributed by atoms with Gasteiger partial charge < -0.3 is 10.1 Å². The van der Waals surface area contributed by atoms with Crippen molar-refractivity contribution in [3.05, 3.63) is 59.2 Å². The molecule has 0 saturated carbocycles. The van der Waals surface area contributed by atoms with E-state index in [1.54, 1.807) is 31.2 Å². The molecule has 0 saturated heterocycles. The molecule has 2 unspecified atom stereocenters. The summed E-state index contributed by atoms with van der Waals surface area (Å²) in [6.45, 7) is 7.60. The second-order valence-electron chi connectivity index (χ2n) is 6.84. The molecular formula is C21H27NO4S. The van der Waals surface area contributed by atoms with Crippen LogP contribution in [0.4, 0.5) is 0 Å². The van der Waals surface area contributed by atoms with Gasteiger partial charge in [0.2, 0.25) is 0 Å². The molecule has 5 nitrogen and oxygen atoms in total. The number of sulfone groups is 1.